The number of fused-ring (bicyclic) bond motifs is 1. The van der Waals surface area contributed by atoms with Gasteiger partial charge in [0, 0.05) is 48.7 Å². The van der Waals surface area contributed by atoms with Gasteiger partial charge in [-0.3, -0.25) is 14.5 Å². The normalized spacial score (nSPS) is 14.9. The van der Waals surface area contributed by atoms with Crippen LogP contribution >= 0.6 is 0 Å². The largest absolute Gasteiger partial charge is 0.497 e. The number of hydrogen-bond donors (Lipinski definition) is 3. The maximum absolute atomic E-state index is 13.7. The molecule has 3 aromatic carbocycles. The number of amides is 2. The van der Waals surface area contributed by atoms with E-state index in [1.165, 1.54) is 0 Å². The SMILES string of the molecule is CCCCN(CCCC)C(=O)c1cc(C)n(-c2ccc(NC(=O)COc3cccc(OC)c3)cc2C(O)N2Cc3ccccc3C[C@H]2CO)n1. The number of hydrogen-bond acceptors (Lipinski definition) is 8. The maximum atomic E-state index is 13.7. The summed E-state index contributed by atoms with van der Waals surface area (Å²) >= 11 is 0. The number of nitrogens with zero attached hydrogens (tertiary/aromatic N) is 4. The summed E-state index contributed by atoms with van der Waals surface area (Å²) in [5.74, 6) is 0.605. The molecule has 5 rings (SSSR count). The lowest BCUT2D eigenvalue weighted by molar-refractivity contribution is -0.118. The number of carbonyl (C=O) groups is 2. The van der Waals surface area contributed by atoms with Crippen molar-refractivity contribution in [2.24, 2.45) is 0 Å². The standard InChI is InChI=1S/C39H49N5O6/c1-5-7-18-42(19-8-6-2)39(48)35-20-27(3)44(41-35)36-17-16-30(40-37(46)26-50-33-15-11-14-32(23-33)49-4)22-34(36)38(47)43-24-29-13-10-9-12-28(29)21-31(43)25-45/h9-17,20,22-23,31,38,45,47H,5-8,18-19,21,24-26H2,1-4H3,(H,40,46)/t31-,38?/m0/s1. The van der Waals surface area contributed by atoms with Crippen LogP contribution in [0, 0.1) is 6.92 Å². The van der Waals surface area contributed by atoms with E-state index in [0.29, 0.717) is 60.2 Å². The van der Waals surface area contributed by atoms with Crippen LogP contribution in [0.2, 0.25) is 0 Å². The van der Waals surface area contributed by atoms with E-state index >= 15 is 0 Å². The van der Waals surface area contributed by atoms with E-state index < -0.39 is 6.23 Å². The third-order valence-electron chi connectivity index (χ3n) is 9.11. The Morgan fingerprint density at radius 3 is 2.40 bits per heavy atom. The summed E-state index contributed by atoms with van der Waals surface area (Å²) in [6.45, 7) is 7.45. The van der Waals surface area contributed by atoms with Crippen molar-refractivity contribution < 1.29 is 29.3 Å². The predicted molar refractivity (Wildman–Crippen MR) is 193 cm³/mol. The highest BCUT2D eigenvalue weighted by Crippen LogP contribution is 2.34. The lowest BCUT2D eigenvalue weighted by atomic mass is 9.93. The first-order valence-electron chi connectivity index (χ1n) is 17.4. The Morgan fingerprint density at radius 1 is 0.980 bits per heavy atom. The van der Waals surface area contributed by atoms with Gasteiger partial charge in [0.2, 0.25) is 0 Å². The zero-order valence-corrected chi connectivity index (χ0v) is 29.5. The van der Waals surface area contributed by atoms with Crippen molar-refractivity contribution in [1.82, 2.24) is 19.6 Å². The minimum absolute atomic E-state index is 0.122. The van der Waals surface area contributed by atoms with E-state index in [9.17, 15) is 19.8 Å². The Labute approximate surface area is 294 Å². The Bertz CT molecular complexity index is 1750. The molecule has 0 saturated carbocycles. The number of anilines is 1. The molecule has 11 heteroatoms. The number of ether oxygens (including phenoxy) is 2. The summed E-state index contributed by atoms with van der Waals surface area (Å²) in [4.78, 5) is 30.5. The Hall–Kier alpha value is -4.71. The molecule has 0 saturated heterocycles. The van der Waals surface area contributed by atoms with Crippen LogP contribution in [0.3, 0.4) is 0 Å². The number of carbonyl (C=O) groups excluding carboxylic acids is 2. The fraction of sp³-hybridized carbons (Fsp3) is 0.410. The van der Waals surface area contributed by atoms with Crippen molar-refractivity contribution in [3.63, 3.8) is 0 Å². The molecule has 266 valence electrons. The number of nitrogens with one attached hydrogen (secondary N) is 1. The fourth-order valence-electron chi connectivity index (χ4n) is 6.31. The molecule has 1 aliphatic rings. The highest BCUT2D eigenvalue weighted by molar-refractivity contribution is 5.93. The van der Waals surface area contributed by atoms with Crippen LogP contribution in [0.4, 0.5) is 5.69 Å². The quantitative estimate of drug-likeness (QED) is 0.138. The van der Waals surface area contributed by atoms with Crippen molar-refractivity contribution in [2.45, 2.75) is 71.7 Å². The van der Waals surface area contributed by atoms with E-state index in [2.05, 4.69) is 19.2 Å². The molecule has 1 aliphatic heterocycles. The minimum Gasteiger partial charge on any atom is -0.497 e. The molecule has 0 radical (unpaired) electrons. The monoisotopic (exact) mass is 683 g/mol. The number of benzene rings is 3. The van der Waals surface area contributed by atoms with E-state index in [-0.39, 0.29) is 31.1 Å². The third kappa shape index (κ3) is 8.71. The minimum atomic E-state index is -1.17. The molecule has 0 spiro atoms. The second-order valence-corrected chi connectivity index (χ2v) is 12.7. The fourth-order valence-corrected chi connectivity index (χ4v) is 6.31. The molecule has 0 bridgehead atoms. The molecule has 1 unspecified atom stereocenters. The van der Waals surface area contributed by atoms with E-state index in [1.807, 2.05) is 41.0 Å². The first-order valence-corrected chi connectivity index (χ1v) is 17.4. The predicted octanol–water partition coefficient (Wildman–Crippen LogP) is 5.66. The molecule has 11 nitrogen and oxygen atoms in total. The summed E-state index contributed by atoms with van der Waals surface area (Å²) < 4.78 is 12.6. The van der Waals surface area contributed by atoms with E-state index in [1.54, 1.807) is 60.3 Å². The zero-order valence-electron chi connectivity index (χ0n) is 29.5. The van der Waals surface area contributed by atoms with Crippen molar-refractivity contribution >= 4 is 17.5 Å². The highest BCUT2D eigenvalue weighted by atomic mass is 16.5. The Balaban J connectivity index is 1.47. The van der Waals surface area contributed by atoms with Gasteiger partial charge in [0.15, 0.2) is 12.3 Å². The van der Waals surface area contributed by atoms with Crippen molar-refractivity contribution in [3.05, 3.63) is 101 Å². The van der Waals surface area contributed by atoms with Gasteiger partial charge in [-0.2, -0.15) is 5.10 Å². The molecule has 0 aliphatic carbocycles. The third-order valence-corrected chi connectivity index (χ3v) is 9.11. The highest BCUT2D eigenvalue weighted by Gasteiger charge is 2.33. The van der Waals surface area contributed by atoms with Gasteiger partial charge in [0.25, 0.3) is 11.8 Å². The molecular formula is C39H49N5O6. The first-order chi connectivity index (χ1) is 24.3. The Kier molecular flexibility index (Phi) is 12.6. The summed E-state index contributed by atoms with van der Waals surface area (Å²) in [6, 6.07) is 21.7. The number of methoxy groups -OCH3 is 1. The van der Waals surface area contributed by atoms with Gasteiger partial charge in [-0.15, -0.1) is 0 Å². The van der Waals surface area contributed by atoms with Crippen LogP contribution in [0.1, 0.15) is 78.6 Å². The van der Waals surface area contributed by atoms with Gasteiger partial charge in [-0.05, 0) is 73.7 Å². The number of aromatic nitrogens is 2. The zero-order chi connectivity index (χ0) is 35.6. The van der Waals surface area contributed by atoms with Crippen molar-refractivity contribution in [2.75, 3.05) is 38.7 Å². The average molecular weight is 684 g/mol. The topological polar surface area (TPSA) is 129 Å². The van der Waals surface area contributed by atoms with Crippen molar-refractivity contribution in [1.29, 1.82) is 0 Å². The van der Waals surface area contributed by atoms with Gasteiger partial charge in [-0.25, -0.2) is 4.68 Å². The van der Waals surface area contributed by atoms with E-state index in [0.717, 1.165) is 42.5 Å². The number of aliphatic hydroxyl groups is 2. The van der Waals surface area contributed by atoms with Crippen LogP contribution in [0.25, 0.3) is 5.69 Å². The molecule has 1 aromatic heterocycles. The van der Waals surface area contributed by atoms with Crippen LogP contribution < -0.4 is 14.8 Å². The molecule has 2 amide bonds. The van der Waals surface area contributed by atoms with Gasteiger partial charge in [0.05, 0.1) is 19.4 Å². The molecule has 2 heterocycles. The first kappa shape index (κ1) is 36.6. The number of aryl methyl sites for hydroxylation is 1. The molecular weight excluding hydrogens is 634 g/mol. The summed E-state index contributed by atoms with van der Waals surface area (Å²) in [5, 5.41) is 30.2. The van der Waals surface area contributed by atoms with Crippen LogP contribution in [-0.4, -0.2) is 81.1 Å². The van der Waals surface area contributed by atoms with Crippen LogP contribution in [-0.2, 0) is 17.8 Å². The maximum Gasteiger partial charge on any atom is 0.274 e. The number of rotatable bonds is 16. The summed E-state index contributed by atoms with van der Waals surface area (Å²) in [7, 11) is 1.56. The average Bonchev–Trinajstić information content (AvgIpc) is 3.53. The molecule has 2 atom stereocenters. The Morgan fingerprint density at radius 2 is 1.70 bits per heavy atom. The molecule has 3 N–H and O–H groups in total. The molecule has 50 heavy (non-hydrogen) atoms. The number of unbranched alkanes of at least 4 members (excludes halogenated alkanes) is 2. The molecule has 0 fully saturated rings. The molecule has 4 aromatic rings. The lowest BCUT2D eigenvalue weighted by Crippen LogP contribution is -2.45. The van der Waals surface area contributed by atoms with Crippen molar-refractivity contribution in [3.8, 4) is 17.2 Å². The van der Waals surface area contributed by atoms with E-state index in [4.69, 9.17) is 14.6 Å². The van der Waals surface area contributed by atoms with Gasteiger partial charge >= 0.3 is 0 Å². The van der Waals surface area contributed by atoms with Gasteiger partial charge in [-0.1, -0.05) is 57.0 Å². The number of aliphatic hydroxyl groups excluding tert-OH is 2. The van der Waals surface area contributed by atoms with Gasteiger partial charge < -0.3 is 29.9 Å². The van der Waals surface area contributed by atoms with Gasteiger partial charge in [0.1, 0.15) is 17.7 Å². The van der Waals surface area contributed by atoms with Crippen LogP contribution in [0.5, 0.6) is 11.5 Å². The smallest absolute Gasteiger partial charge is 0.274 e. The second kappa shape index (κ2) is 17.3. The second-order valence-electron chi connectivity index (χ2n) is 12.7. The summed E-state index contributed by atoms with van der Waals surface area (Å²) in [6.07, 6.45) is 3.19. The van der Waals surface area contributed by atoms with Crippen LogP contribution in [0.15, 0.2) is 72.8 Å². The summed E-state index contributed by atoms with van der Waals surface area (Å²) in [5.41, 5.74) is 4.73. The lowest BCUT2D eigenvalue weighted by Gasteiger charge is -2.39.